The molecule has 0 saturated heterocycles. The highest BCUT2D eigenvalue weighted by Gasteiger charge is 2.39. The van der Waals surface area contributed by atoms with Crippen LogP contribution in [0.15, 0.2) is 60.7 Å². The van der Waals surface area contributed by atoms with Gasteiger partial charge in [0, 0.05) is 5.56 Å². The molecule has 1 atom stereocenters. The highest BCUT2D eigenvalue weighted by atomic mass is 28.4. The number of nitrogens with zero attached hydrogens (tertiary/aromatic N) is 1. The SMILES string of the molecule is CC(C)(C)[Si](C)(C)O[C@@H](/C=[N+](\[O-])Cc1ccccc1)c1ccccc1. The van der Waals surface area contributed by atoms with Gasteiger partial charge < -0.3 is 9.63 Å². The third kappa shape index (κ3) is 5.55. The average Bonchev–Trinajstić information content (AvgIpc) is 2.54. The van der Waals surface area contributed by atoms with Gasteiger partial charge in [-0.15, -0.1) is 0 Å². The van der Waals surface area contributed by atoms with Crippen molar-refractivity contribution in [3.05, 3.63) is 77.0 Å². The van der Waals surface area contributed by atoms with Crippen molar-refractivity contribution in [2.45, 2.75) is 51.6 Å². The van der Waals surface area contributed by atoms with E-state index in [0.717, 1.165) is 15.9 Å². The van der Waals surface area contributed by atoms with Crippen molar-refractivity contribution in [2.75, 3.05) is 0 Å². The fourth-order valence-electron chi connectivity index (χ4n) is 2.29. The standard InChI is InChI=1S/C21H29NO2Si/c1-21(2,3)25(4,5)24-20(19-14-10-7-11-15-19)17-22(23)16-18-12-8-6-9-13-18/h6-15,17,20H,16H2,1-5H3/b22-17-/t20-/m0/s1. The van der Waals surface area contributed by atoms with E-state index in [1.165, 1.54) is 0 Å². The van der Waals surface area contributed by atoms with Crippen molar-refractivity contribution < 1.29 is 9.16 Å². The van der Waals surface area contributed by atoms with Crippen molar-refractivity contribution >= 4 is 14.5 Å². The second kappa shape index (κ2) is 7.98. The van der Waals surface area contributed by atoms with Gasteiger partial charge in [0.25, 0.3) is 0 Å². The molecule has 4 heteroatoms. The number of hydrogen-bond acceptors (Lipinski definition) is 2. The molecule has 0 spiro atoms. The normalized spacial score (nSPS) is 14.4. The molecule has 2 aromatic carbocycles. The number of benzene rings is 2. The van der Waals surface area contributed by atoms with Gasteiger partial charge in [-0.25, -0.2) is 4.74 Å². The quantitative estimate of drug-likeness (QED) is 0.224. The first kappa shape index (κ1) is 19.4. The number of rotatable bonds is 6. The first-order valence-electron chi connectivity index (χ1n) is 8.74. The Labute approximate surface area is 152 Å². The van der Waals surface area contributed by atoms with Crippen LogP contribution >= 0.6 is 0 Å². The van der Waals surface area contributed by atoms with Gasteiger partial charge in [-0.3, -0.25) is 0 Å². The molecule has 0 aliphatic rings. The molecule has 0 fully saturated rings. The van der Waals surface area contributed by atoms with Gasteiger partial charge in [0.1, 0.15) is 6.10 Å². The van der Waals surface area contributed by atoms with Crippen molar-refractivity contribution in [1.82, 2.24) is 0 Å². The molecule has 0 heterocycles. The zero-order chi connectivity index (χ0) is 18.5. The van der Waals surface area contributed by atoms with Crippen LogP contribution in [0, 0.1) is 5.21 Å². The van der Waals surface area contributed by atoms with Gasteiger partial charge in [-0.2, -0.15) is 0 Å². The Hall–Kier alpha value is -1.91. The maximum Gasteiger partial charge on any atom is 0.193 e. The topological polar surface area (TPSA) is 35.3 Å². The molecule has 3 nitrogen and oxygen atoms in total. The smallest absolute Gasteiger partial charge is 0.193 e. The lowest BCUT2D eigenvalue weighted by Crippen LogP contribution is -2.42. The van der Waals surface area contributed by atoms with E-state index in [9.17, 15) is 5.21 Å². The molecule has 0 saturated carbocycles. The minimum absolute atomic E-state index is 0.0843. The van der Waals surface area contributed by atoms with Gasteiger partial charge in [0.2, 0.25) is 0 Å². The van der Waals surface area contributed by atoms with Crippen molar-refractivity contribution in [2.24, 2.45) is 0 Å². The molecule has 0 unspecified atom stereocenters. The largest absolute Gasteiger partial charge is 0.624 e. The van der Waals surface area contributed by atoms with E-state index in [-0.39, 0.29) is 11.1 Å². The molecule has 0 radical (unpaired) electrons. The highest BCUT2D eigenvalue weighted by molar-refractivity contribution is 6.74. The number of hydrogen-bond donors (Lipinski definition) is 0. The molecular formula is C21H29NO2Si. The Morgan fingerprint density at radius 3 is 2.04 bits per heavy atom. The van der Waals surface area contributed by atoms with E-state index in [2.05, 4.69) is 33.9 Å². The van der Waals surface area contributed by atoms with Gasteiger partial charge in [0.15, 0.2) is 21.1 Å². The van der Waals surface area contributed by atoms with Gasteiger partial charge in [-0.05, 0) is 23.7 Å². The van der Waals surface area contributed by atoms with E-state index in [4.69, 9.17) is 4.43 Å². The van der Waals surface area contributed by atoms with Crippen LogP contribution < -0.4 is 0 Å². The lowest BCUT2D eigenvalue weighted by atomic mass is 10.1. The zero-order valence-electron chi connectivity index (χ0n) is 15.9. The third-order valence-corrected chi connectivity index (χ3v) is 9.29. The van der Waals surface area contributed by atoms with E-state index in [0.29, 0.717) is 6.54 Å². The second-order valence-electron chi connectivity index (χ2n) is 7.92. The molecule has 0 bridgehead atoms. The molecule has 0 aliphatic heterocycles. The van der Waals surface area contributed by atoms with Crippen LogP contribution in [0.4, 0.5) is 0 Å². The number of hydroxylamine groups is 1. The molecule has 0 aromatic heterocycles. The Morgan fingerprint density at radius 2 is 1.52 bits per heavy atom. The molecule has 25 heavy (non-hydrogen) atoms. The fraction of sp³-hybridized carbons (Fsp3) is 0.381. The first-order chi connectivity index (χ1) is 11.7. The summed E-state index contributed by atoms with van der Waals surface area (Å²) < 4.78 is 7.52. The van der Waals surface area contributed by atoms with Crippen molar-refractivity contribution in [3.63, 3.8) is 0 Å². The van der Waals surface area contributed by atoms with Crippen LogP contribution in [0.2, 0.25) is 18.1 Å². The molecule has 2 aromatic rings. The highest BCUT2D eigenvalue weighted by Crippen LogP contribution is 2.39. The Balaban J connectivity index is 2.27. The summed E-state index contributed by atoms with van der Waals surface area (Å²) in [6.45, 7) is 11.4. The molecule has 0 N–H and O–H groups in total. The molecule has 0 aliphatic carbocycles. The van der Waals surface area contributed by atoms with Gasteiger partial charge >= 0.3 is 0 Å². The third-order valence-electron chi connectivity index (χ3n) is 4.84. The predicted molar refractivity (Wildman–Crippen MR) is 107 cm³/mol. The summed E-state index contributed by atoms with van der Waals surface area (Å²) in [4.78, 5) is 0. The lowest BCUT2D eigenvalue weighted by molar-refractivity contribution is -0.472. The molecule has 0 amide bonds. The second-order valence-corrected chi connectivity index (χ2v) is 12.7. The van der Waals surface area contributed by atoms with Crippen molar-refractivity contribution in [1.29, 1.82) is 0 Å². The van der Waals surface area contributed by atoms with Gasteiger partial charge in [0.05, 0.1) is 0 Å². The summed E-state index contributed by atoms with van der Waals surface area (Å²) >= 11 is 0. The van der Waals surface area contributed by atoms with E-state index < -0.39 is 8.32 Å². The Kier molecular flexibility index (Phi) is 6.19. The van der Waals surface area contributed by atoms with Crippen LogP contribution in [-0.4, -0.2) is 19.3 Å². The van der Waals surface area contributed by atoms with E-state index >= 15 is 0 Å². The van der Waals surface area contributed by atoms with Crippen LogP contribution in [0.25, 0.3) is 0 Å². The monoisotopic (exact) mass is 355 g/mol. The summed E-state index contributed by atoms with van der Waals surface area (Å²) in [6.07, 6.45) is 1.34. The lowest BCUT2D eigenvalue weighted by Gasteiger charge is -2.38. The van der Waals surface area contributed by atoms with E-state index in [1.807, 2.05) is 60.7 Å². The zero-order valence-corrected chi connectivity index (χ0v) is 16.9. The maximum atomic E-state index is 12.5. The molecular weight excluding hydrogens is 326 g/mol. The van der Waals surface area contributed by atoms with E-state index in [1.54, 1.807) is 6.21 Å². The van der Waals surface area contributed by atoms with Crippen LogP contribution in [0.1, 0.15) is 38.0 Å². The molecule has 2 rings (SSSR count). The maximum absolute atomic E-state index is 12.5. The Bertz CT molecular complexity index is 691. The van der Waals surface area contributed by atoms with Crippen molar-refractivity contribution in [3.8, 4) is 0 Å². The predicted octanol–water partition coefficient (Wildman–Crippen LogP) is 5.53. The summed E-state index contributed by atoms with van der Waals surface area (Å²) in [5, 5.41) is 12.6. The summed E-state index contributed by atoms with van der Waals surface area (Å²) in [6, 6.07) is 19.8. The summed E-state index contributed by atoms with van der Waals surface area (Å²) in [5.41, 5.74) is 2.01. The minimum Gasteiger partial charge on any atom is -0.624 e. The van der Waals surface area contributed by atoms with Crippen LogP contribution in [0.5, 0.6) is 0 Å². The Morgan fingerprint density at radius 1 is 1.00 bits per heavy atom. The fourth-order valence-corrected chi connectivity index (χ4v) is 3.47. The molecule has 134 valence electrons. The minimum atomic E-state index is -2.01. The average molecular weight is 356 g/mol. The summed E-state index contributed by atoms with van der Waals surface area (Å²) in [7, 11) is -2.01. The summed E-state index contributed by atoms with van der Waals surface area (Å²) in [5.74, 6) is 0. The van der Waals surface area contributed by atoms with Crippen LogP contribution in [-0.2, 0) is 11.0 Å². The van der Waals surface area contributed by atoms with Gasteiger partial charge in [-0.1, -0.05) is 81.4 Å². The first-order valence-corrected chi connectivity index (χ1v) is 11.7. The van der Waals surface area contributed by atoms with Crippen LogP contribution in [0.3, 0.4) is 0 Å².